The molecule has 0 amide bonds. The highest BCUT2D eigenvalue weighted by molar-refractivity contribution is 5.18. The molecular weight excluding hydrogens is 194 g/mol. The third-order valence-corrected chi connectivity index (χ3v) is 3.75. The van der Waals surface area contributed by atoms with Crippen molar-refractivity contribution in [1.29, 1.82) is 0 Å². The Balaban J connectivity index is 1.91. The summed E-state index contributed by atoms with van der Waals surface area (Å²) >= 11 is 0. The van der Waals surface area contributed by atoms with Crippen LogP contribution in [-0.2, 0) is 0 Å². The Morgan fingerprint density at radius 2 is 1.94 bits per heavy atom. The smallest absolute Gasteiger partial charge is 0.0294 e. The van der Waals surface area contributed by atoms with Gasteiger partial charge in [0.25, 0.3) is 0 Å². The lowest BCUT2D eigenvalue weighted by Crippen LogP contribution is -2.30. The minimum absolute atomic E-state index is 0.472. The van der Waals surface area contributed by atoms with Crippen LogP contribution >= 0.6 is 0 Å². The van der Waals surface area contributed by atoms with Crippen LogP contribution in [0.1, 0.15) is 51.6 Å². The second-order valence-corrected chi connectivity index (χ2v) is 5.90. The van der Waals surface area contributed by atoms with Gasteiger partial charge in [0.1, 0.15) is 0 Å². The SMILES string of the molecule is C[C@@H](NC1CCC(C)(C)C1)c1ccccc1. The molecule has 1 aromatic carbocycles. The van der Waals surface area contributed by atoms with Crippen LogP contribution in [0, 0.1) is 5.41 Å². The van der Waals surface area contributed by atoms with Crippen molar-refractivity contribution >= 4 is 0 Å². The molecule has 1 aromatic rings. The molecule has 0 aromatic heterocycles. The summed E-state index contributed by atoms with van der Waals surface area (Å²) in [4.78, 5) is 0. The van der Waals surface area contributed by atoms with E-state index in [9.17, 15) is 0 Å². The molecule has 1 aliphatic carbocycles. The van der Waals surface area contributed by atoms with Gasteiger partial charge in [0.2, 0.25) is 0 Å². The van der Waals surface area contributed by atoms with Crippen LogP contribution in [0.3, 0.4) is 0 Å². The normalized spacial score (nSPS) is 25.6. The third kappa shape index (κ3) is 2.85. The van der Waals surface area contributed by atoms with Crippen molar-refractivity contribution in [2.75, 3.05) is 0 Å². The molecule has 2 atom stereocenters. The Morgan fingerprint density at radius 1 is 1.25 bits per heavy atom. The van der Waals surface area contributed by atoms with E-state index in [-0.39, 0.29) is 0 Å². The lowest BCUT2D eigenvalue weighted by Gasteiger charge is -2.22. The summed E-state index contributed by atoms with van der Waals surface area (Å²) in [6.45, 7) is 7.02. The predicted molar refractivity (Wildman–Crippen MR) is 69.4 cm³/mol. The van der Waals surface area contributed by atoms with Gasteiger partial charge in [0.05, 0.1) is 0 Å². The second kappa shape index (κ2) is 4.58. The first-order chi connectivity index (χ1) is 7.57. The first-order valence-corrected chi connectivity index (χ1v) is 6.38. The number of benzene rings is 1. The highest BCUT2D eigenvalue weighted by Crippen LogP contribution is 2.37. The van der Waals surface area contributed by atoms with Crippen LogP contribution in [0.2, 0.25) is 0 Å². The van der Waals surface area contributed by atoms with Crippen molar-refractivity contribution in [3.63, 3.8) is 0 Å². The lowest BCUT2D eigenvalue weighted by molar-refractivity contribution is 0.356. The number of hydrogen-bond donors (Lipinski definition) is 1. The van der Waals surface area contributed by atoms with Gasteiger partial charge in [-0.15, -0.1) is 0 Å². The lowest BCUT2D eigenvalue weighted by atomic mass is 9.91. The second-order valence-electron chi connectivity index (χ2n) is 5.90. The maximum Gasteiger partial charge on any atom is 0.0294 e. The van der Waals surface area contributed by atoms with Crippen LogP contribution in [0.25, 0.3) is 0 Å². The van der Waals surface area contributed by atoms with Crippen molar-refractivity contribution in [2.45, 2.75) is 52.1 Å². The molecule has 0 heterocycles. The largest absolute Gasteiger partial charge is 0.307 e. The fourth-order valence-corrected chi connectivity index (χ4v) is 2.77. The van der Waals surface area contributed by atoms with Crippen molar-refractivity contribution in [1.82, 2.24) is 5.32 Å². The van der Waals surface area contributed by atoms with Gasteiger partial charge in [-0.1, -0.05) is 44.2 Å². The molecule has 1 fully saturated rings. The zero-order chi connectivity index (χ0) is 11.6. The van der Waals surface area contributed by atoms with E-state index in [4.69, 9.17) is 0 Å². The van der Waals surface area contributed by atoms with Crippen molar-refractivity contribution in [2.24, 2.45) is 5.41 Å². The van der Waals surface area contributed by atoms with Gasteiger partial charge < -0.3 is 5.32 Å². The van der Waals surface area contributed by atoms with Crippen molar-refractivity contribution in [3.8, 4) is 0 Å². The van der Waals surface area contributed by atoms with E-state index in [1.807, 2.05) is 0 Å². The Kier molecular flexibility index (Phi) is 3.34. The highest BCUT2D eigenvalue weighted by atomic mass is 15.0. The average molecular weight is 217 g/mol. The van der Waals surface area contributed by atoms with E-state index in [1.165, 1.54) is 24.8 Å². The molecule has 0 radical (unpaired) electrons. The number of nitrogens with one attached hydrogen (secondary N) is 1. The molecule has 1 saturated carbocycles. The Labute approximate surface area is 99.3 Å². The summed E-state index contributed by atoms with van der Waals surface area (Å²) in [6, 6.07) is 11.9. The van der Waals surface area contributed by atoms with Gasteiger partial charge in [-0.05, 0) is 37.2 Å². The molecule has 16 heavy (non-hydrogen) atoms. The van der Waals surface area contributed by atoms with Crippen molar-refractivity contribution < 1.29 is 0 Å². The summed E-state index contributed by atoms with van der Waals surface area (Å²) in [6.07, 6.45) is 3.99. The van der Waals surface area contributed by atoms with E-state index in [1.54, 1.807) is 0 Å². The molecule has 1 N–H and O–H groups in total. The van der Waals surface area contributed by atoms with E-state index >= 15 is 0 Å². The van der Waals surface area contributed by atoms with E-state index in [0.29, 0.717) is 17.5 Å². The molecule has 1 aliphatic rings. The highest BCUT2D eigenvalue weighted by Gasteiger charge is 2.31. The minimum atomic E-state index is 0.472. The van der Waals surface area contributed by atoms with Gasteiger partial charge in [-0.2, -0.15) is 0 Å². The molecule has 1 unspecified atom stereocenters. The van der Waals surface area contributed by atoms with Gasteiger partial charge in [0, 0.05) is 12.1 Å². The molecule has 1 nitrogen and oxygen atoms in total. The van der Waals surface area contributed by atoms with Gasteiger partial charge in [-0.25, -0.2) is 0 Å². The van der Waals surface area contributed by atoms with Crippen LogP contribution < -0.4 is 5.32 Å². The molecule has 1 heteroatoms. The fourth-order valence-electron chi connectivity index (χ4n) is 2.77. The van der Waals surface area contributed by atoms with Crippen LogP contribution in [0.5, 0.6) is 0 Å². The maximum absolute atomic E-state index is 3.75. The monoisotopic (exact) mass is 217 g/mol. The summed E-state index contributed by atoms with van der Waals surface area (Å²) in [7, 11) is 0. The van der Waals surface area contributed by atoms with E-state index in [2.05, 4.69) is 56.4 Å². The first-order valence-electron chi connectivity index (χ1n) is 6.38. The third-order valence-electron chi connectivity index (χ3n) is 3.75. The quantitative estimate of drug-likeness (QED) is 0.809. The van der Waals surface area contributed by atoms with Gasteiger partial charge in [0.15, 0.2) is 0 Å². The Bertz CT molecular complexity index is 329. The first kappa shape index (κ1) is 11.7. The molecule has 88 valence electrons. The summed E-state index contributed by atoms with van der Waals surface area (Å²) in [5.41, 5.74) is 1.93. The molecule has 0 spiro atoms. The number of rotatable bonds is 3. The predicted octanol–water partition coefficient (Wildman–Crippen LogP) is 3.92. The fraction of sp³-hybridized carbons (Fsp3) is 0.600. The standard InChI is InChI=1S/C15H23N/c1-12(13-7-5-4-6-8-13)16-14-9-10-15(2,3)11-14/h4-8,12,14,16H,9-11H2,1-3H3/t12-,14?/m1/s1. The topological polar surface area (TPSA) is 12.0 Å². The molecular formula is C15H23N. The molecule has 2 rings (SSSR count). The summed E-state index contributed by atoms with van der Waals surface area (Å²) < 4.78 is 0. The number of hydrogen-bond acceptors (Lipinski definition) is 1. The van der Waals surface area contributed by atoms with Crippen LogP contribution in [0.15, 0.2) is 30.3 Å². The maximum atomic E-state index is 3.75. The summed E-state index contributed by atoms with van der Waals surface area (Å²) in [5, 5.41) is 3.75. The summed E-state index contributed by atoms with van der Waals surface area (Å²) in [5.74, 6) is 0. The van der Waals surface area contributed by atoms with E-state index < -0.39 is 0 Å². The van der Waals surface area contributed by atoms with Gasteiger partial charge >= 0.3 is 0 Å². The average Bonchev–Trinajstić information content (AvgIpc) is 2.59. The van der Waals surface area contributed by atoms with Crippen molar-refractivity contribution in [3.05, 3.63) is 35.9 Å². The minimum Gasteiger partial charge on any atom is -0.307 e. The van der Waals surface area contributed by atoms with Crippen LogP contribution in [-0.4, -0.2) is 6.04 Å². The van der Waals surface area contributed by atoms with Gasteiger partial charge in [-0.3, -0.25) is 0 Å². The zero-order valence-corrected chi connectivity index (χ0v) is 10.7. The molecule has 0 bridgehead atoms. The van der Waals surface area contributed by atoms with Crippen LogP contribution in [0.4, 0.5) is 0 Å². The van der Waals surface area contributed by atoms with E-state index in [0.717, 1.165) is 0 Å². The Morgan fingerprint density at radius 3 is 2.50 bits per heavy atom. The molecule has 0 saturated heterocycles. The molecule has 0 aliphatic heterocycles. The Hall–Kier alpha value is -0.820. The zero-order valence-electron chi connectivity index (χ0n) is 10.7.